The normalized spacial score (nSPS) is 17.9. The molecular weight excluding hydrogens is 307 g/mol. The second-order valence-corrected chi connectivity index (χ2v) is 6.39. The predicted molar refractivity (Wildman–Crippen MR) is 88.7 cm³/mol. The first-order chi connectivity index (χ1) is 11.7. The maximum absolute atomic E-state index is 13.7. The molecular formula is C18H23FN4O. The maximum Gasteiger partial charge on any atom is 0.224 e. The molecule has 1 aliphatic rings. The molecule has 1 aromatic heterocycles. The molecule has 0 spiro atoms. The summed E-state index contributed by atoms with van der Waals surface area (Å²) in [5.41, 5.74) is 0.770. The van der Waals surface area contributed by atoms with Crippen molar-refractivity contribution in [2.75, 3.05) is 13.1 Å². The lowest BCUT2D eigenvalue weighted by Crippen LogP contribution is -2.40. The van der Waals surface area contributed by atoms with Crippen LogP contribution in [-0.2, 0) is 17.8 Å². The van der Waals surface area contributed by atoms with Gasteiger partial charge in [-0.3, -0.25) is 9.48 Å². The Morgan fingerprint density at radius 3 is 3.00 bits per heavy atom. The van der Waals surface area contributed by atoms with Crippen LogP contribution in [-0.4, -0.2) is 38.7 Å². The Balaban J connectivity index is 1.47. The van der Waals surface area contributed by atoms with Crippen molar-refractivity contribution in [3.63, 3.8) is 0 Å². The highest BCUT2D eigenvalue weighted by Crippen LogP contribution is 2.23. The second kappa shape index (κ2) is 8.04. The lowest BCUT2D eigenvalue weighted by molar-refractivity contribution is -0.133. The van der Waals surface area contributed by atoms with Gasteiger partial charge in [0.05, 0.1) is 6.54 Å². The molecule has 128 valence electrons. The molecule has 1 aromatic carbocycles. The molecule has 0 radical (unpaired) electrons. The molecule has 0 bridgehead atoms. The quantitative estimate of drug-likeness (QED) is 0.818. The van der Waals surface area contributed by atoms with Crippen LogP contribution in [0.3, 0.4) is 0 Å². The van der Waals surface area contributed by atoms with Crippen molar-refractivity contribution in [2.45, 2.75) is 38.6 Å². The molecule has 1 fully saturated rings. The average Bonchev–Trinajstić information content (AvgIpc) is 3.13. The van der Waals surface area contributed by atoms with E-state index in [9.17, 15) is 9.18 Å². The van der Waals surface area contributed by atoms with Gasteiger partial charge in [-0.2, -0.15) is 5.10 Å². The molecule has 1 saturated heterocycles. The van der Waals surface area contributed by atoms with E-state index in [2.05, 4.69) is 10.1 Å². The molecule has 1 amide bonds. The Kier molecular flexibility index (Phi) is 5.56. The lowest BCUT2D eigenvalue weighted by Gasteiger charge is -2.33. The minimum atomic E-state index is -0.130. The van der Waals surface area contributed by atoms with E-state index in [-0.39, 0.29) is 11.7 Å². The van der Waals surface area contributed by atoms with E-state index < -0.39 is 0 Å². The van der Waals surface area contributed by atoms with Gasteiger partial charge in [0.1, 0.15) is 18.5 Å². The fourth-order valence-electron chi connectivity index (χ4n) is 3.30. The standard InChI is InChI=1S/C18H23FN4O/c19-17-6-2-1-5-16(17)8-7-15-4-3-10-22(12-15)18(24)9-11-23-14-20-13-21-23/h1-2,5-6,13-15H,3-4,7-12H2. The van der Waals surface area contributed by atoms with E-state index >= 15 is 0 Å². The van der Waals surface area contributed by atoms with Crippen LogP contribution in [0.15, 0.2) is 36.9 Å². The zero-order chi connectivity index (χ0) is 16.8. The van der Waals surface area contributed by atoms with Gasteiger partial charge in [0, 0.05) is 19.5 Å². The Hall–Kier alpha value is -2.24. The number of aromatic nitrogens is 3. The Morgan fingerprint density at radius 1 is 1.33 bits per heavy atom. The van der Waals surface area contributed by atoms with Crippen molar-refractivity contribution in [1.82, 2.24) is 19.7 Å². The monoisotopic (exact) mass is 330 g/mol. The Bertz CT molecular complexity index is 659. The number of likely N-dealkylation sites (tertiary alicyclic amines) is 1. The predicted octanol–water partition coefficient (Wildman–Crippen LogP) is 2.68. The summed E-state index contributed by atoms with van der Waals surface area (Å²) in [6.45, 7) is 2.17. The van der Waals surface area contributed by atoms with E-state index in [1.807, 2.05) is 17.0 Å². The summed E-state index contributed by atoms with van der Waals surface area (Å²) in [5, 5.41) is 4.02. The van der Waals surface area contributed by atoms with Gasteiger partial charge in [-0.25, -0.2) is 9.37 Å². The van der Waals surface area contributed by atoms with E-state index in [4.69, 9.17) is 0 Å². The van der Waals surface area contributed by atoms with Gasteiger partial charge in [-0.05, 0) is 43.2 Å². The highest BCUT2D eigenvalue weighted by Gasteiger charge is 2.23. The van der Waals surface area contributed by atoms with Gasteiger partial charge in [0.2, 0.25) is 5.91 Å². The number of amides is 1. The van der Waals surface area contributed by atoms with Gasteiger partial charge in [0.25, 0.3) is 0 Å². The molecule has 3 rings (SSSR count). The van der Waals surface area contributed by atoms with Crippen molar-refractivity contribution >= 4 is 5.91 Å². The zero-order valence-corrected chi connectivity index (χ0v) is 13.8. The molecule has 1 aliphatic heterocycles. The first-order valence-electron chi connectivity index (χ1n) is 8.56. The number of benzene rings is 1. The third-order valence-corrected chi connectivity index (χ3v) is 4.67. The zero-order valence-electron chi connectivity index (χ0n) is 13.8. The molecule has 5 nitrogen and oxygen atoms in total. The van der Waals surface area contributed by atoms with Gasteiger partial charge >= 0.3 is 0 Å². The Morgan fingerprint density at radius 2 is 2.21 bits per heavy atom. The topological polar surface area (TPSA) is 51.0 Å². The average molecular weight is 330 g/mol. The van der Waals surface area contributed by atoms with Crippen LogP contribution in [0.25, 0.3) is 0 Å². The molecule has 24 heavy (non-hydrogen) atoms. The smallest absolute Gasteiger partial charge is 0.224 e. The summed E-state index contributed by atoms with van der Waals surface area (Å²) in [5.74, 6) is 0.490. The largest absolute Gasteiger partial charge is 0.342 e. The summed E-state index contributed by atoms with van der Waals surface area (Å²) >= 11 is 0. The number of halogens is 1. The van der Waals surface area contributed by atoms with Gasteiger partial charge < -0.3 is 4.90 Å². The third kappa shape index (κ3) is 4.40. The molecule has 0 N–H and O–H groups in total. The van der Waals surface area contributed by atoms with Crippen LogP contribution in [0.2, 0.25) is 0 Å². The SMILES string of the molecule is O=C(CCn1cncn1)N1CCCC(CCc2ccccc2F)C1. The van der Waals surface area contributed by atoms with Crippen LogP contribution in [0.5, 0.6) is 0 Å². The Labute approximate surface area is 141 Å². The highest BCUT2D eigenvalue weighted by molar-refractivity contribution is 5.76. The van der Waals surface area contributed by atoms with Crippen molar-refractivity contribution in [3.05, 3.63) is 48.3 Å². The van der Waals surface area contributed by atoms with Crippen LogP contribution >= 0.6 is 0 Å². The number of hydrogen-bond donors (Lipinski definition) is 0. The van der Waals surface area contributed by atoms with Gasteiger partial charge in [0.15, 0.2) is 0 Å². The lowest BCUT2D eigenvalue weighted by atomic mass is 9.91. The first-order valence-corrected chi connectivity index (χ1v) is 8.56. The van der Waals surface area contributed by atoms with Gasteiger partial charge in [-0.1, -0.05) is 18.2 Å². The minimum Gasteiger partial charge on any atom is -0.342 e. The van der Waals surface area contributed by atoms with Crippen LogP contribution in [0.4, 0.5) is 4.39 Å². The summed E-state index contributed by atoms with van der Waals surface area (Å²) in [6, 6.07) is 6.95. The number of carbonyl (C=O) groups excluding carboxylic acids is 1. The van der Waals surface area contributed by atoms with Crippen LogP contribution in [0.1, 0.15) is 31.2 Å². The van der Waals surface area contributed by atoms with Crippen molar-refractivity contribution < 1.29 is 9.18 Å². The van der Waals surface area contributed by atoms with Crippen molar-refractivity contribution in [1.29, 1.82) is 0 Å². The molecule has 0 saturated carbocycles. The fraction of sp³-hybridized carbons (Fsp3) is 0.500. The van der Waals surface area contributed by atoms with Crippen molar-refractivity contribution in [2.24, 2.45) is 5.92 Å². The second-order valence-electron chi connectivity index (χ2n) is 6.39. The molecule has 2 aromatic rings. The fourth-order valence-corrected chi connectivity index (χ4v) is 3.30. The number of rotatable bonds is 6. The summed E-state index contributed by atoms with van der Waals surface area (Å²) in [7, 11) is 0. The molecule has 6 heteroatoms. The number of nitrogens with zero attached hydrogens (tertiary/aromatic N) is 4. The van der Waals surface area contributed by atoms with Crippen LogP contribution < -0.4 is 0 Å². The number of aryl methyl sites for hydroxylation is 2. The summed E-state index contributed by atoms with van der Waals surface area (Å²) in [6.07, 6.45) is 7.35. The van der Waals surface area contributed by atoms with Crippen LogP contribution in [0, 0.1) is 11.7 Å². The molecule has 0 aliphatic carbocycles. The number of hydrogen-bond acceptors (Lipinski definition) is 3. The van der Waals surface area contributed by atoms with E-state index in [1.54, 1.807) is 17.1 Å². The van der Waals surface area contributed by atoms with E-state index in [0.29, 0.717) is 18.9 Å². The molecule has 1 unspecified atom stereocenters. The highest BCUT2D eigenvalue weighted by atomic mass is 19.1. The molecule has 2 heterocycles. The van der Waals surface area contributed by atoms with Crippen molar-refractivity contribution in [3.8, 4) is 0 Å². The minimum absolute atomic E-state index is 0.130. The maximum atomic E-state index is 13.7. The van der Waals surface area contributed by atoms with Gasteiger partial charge in [-0.15, -0.1) is 0 Å². The first kappa shape index (κ1) is 16.6. The van der Waals surface area contributed by atoms with E-state index in [1.165, 1.54) is 12.4 Å². The third-order valence-electron chi connectivity index (χ3n) is 4.67. The summed E-state index contributed by atoms with van der Waals surface area (Å²) < 4.78 is 15.4. The number of carbonyl (C=O) groups is 1. The molecule has 1 atom stereocenters. The van der Waals surface area contributed by atoms with E-state index in [0.717, 1.165) is 44.3 Å². The number of piperidine rings is 1. The summed E-state index contributed by atoms with van der Waals surface area (Å²) in [4.78, 5) is 18.2.